The van der Waals surface area contributed by atoms with Crippen molar-refractivity contribution in [3.8, 4) is 6.07 Å². The molecular formula is C10H8N2O3. The number of nitrogens with one attached hydrogen (secondary N) is 1. The summed E-state index contributed by atoms with van der Waals surface area (Å²) in [7, 11) is 0. The molecule has 5 heteroatoms. The summed E-state index contributed by atoms with van der Waals surface area (Å²) >= 11 is 0. The van der Waals surface area contributed by atoms with E-state index < -0.39 is 11.3 Å². The number of rotatable bonds is 2. The van der Waals surface area contributed by atoms with Crippen LogP contribution in [0, 0.1) is 18.3 Å². The van der Waals surface area contributed by atoms with Crippen molar-refractivity contribution in [2.45, 2.75) is 13.8 Å². The number of aldehydes is 1. The van der Waals surface area contributed by atoms with E-state index >= 15 is 0 Å². The van der Waals surface area contributed by atoms with Gasteiger partial charge < -0.3 is 4.98 Å². The van der Waals surface area contributed by atoms with Gasteiger partial charge in [-0.3, -0.25) is 14.4 Å². The summed E-state index contributed by atoms with van der Waals surface area (Å²) in [5.41, 5.74) is -0.701. The van der Waals surface area contributed by atoms with E-state index in [0.29, 0.717) is 12.0 Å². The third-order valence-electron chi connectivity index (χ3n) is 2.03. The van der Waals surface area contributed by atoms with Crippen LogP contribution in [0.15, 0.2) is 4.79 Å². The number of aryl methyl sites for hydroxylation is 1. The molecule has 0 aliphatic heterocycles. The minimum absolute atomic E-state index is 0.0682. The van der Waals surface area contributed by atoms with E-state index in [1.807, 2.05) is 0 Å². The van der Waals surface area contributed by atoms with Crippen LogP contribution in [0.2, 0.25) is 0 Å². The van der Waals surface area contributed by atoms with Crippen LogP contribution in [-0.4, -0.2) is 17.1 Å². The van der Waals surface area contributed by atoms with Crippen molar-refractivity contribution in [1.82, 2.24) is 4.98 Å². The zero-order valence-corrected chi connectivity index (χ0v) is 8.25. The molecule has 0 aromatic carbocycles. The van der Waals surface area contributed by atoms with Gasteiger partial charge in [0.2, 0.25) is 0 Å². The Labute approximate surface area is 85.4 Å². The van der Waals surface area contributed by atoms with Crippen LogP contribution in [0.3, 0.4) is 0 Å². The van der Waals surface area contributed by atoms with Gasteiger partial charge in [-0.1, -0.05) is 0 Å². The molecule has 1 rings (SSSR count). The maximum atomic E-state index is 11.3. The number of aromatic amines is 1. The van der Waals surface area contributed by atoms with Crippen LogP contribution >= 0.6 is 0 Å². The van der Waals surface area contributed by atoms with Gasteiger partial charge >= 0.3 is 0 Å². The zero-order valence-electron chi connectivity index (χ0n) is 8.25. The first-order chi connectivity index (χ1) is 7.02. The van der Waals surface area contributed by atoms with Crippen molar-refractivity contribution >= 4 is 12.1 Å². The van der Waals surface area contributed by atoms with Crippen molar-refractivity contribution in [3.05, 3.63) is 32.7 Å². The van der Waals surface area contributed by atoms with Crippen LogP contribution in [-0.2, 0) is 0 Å². The van der Waals surface area contributed by atoms with Crippen LogP contribution in [0.1, 0.15) is 38.9 Å². The van der Waals surface area contributed by atoms with Gasteiger partial charge in [0, 0.05) is 11.3 Å². The van der Waals surface area contributed by atoms with Crippen molar-refractivity contribution in [3.63, 3.8) is 0 Å². The van der Waals surface area contributed by atoms with Crippen molar-refractivity contribution in [1.29, 1.82) is 5.26 Å². The third-order valence-corrected chi connectivity index (χ3v) is 2.03. The Balaban J connectivity index is 3.84. The molecule has 1 N–H and O–H groups in total. The monoisotopic (exact) mass is 204 g/mol. The predicted molar refractivity (Wildman–Crippen MR) is 51.9 cm³/mol. The number of Topliss-reactive ketones (excluding diaryl/α,β-unsaturated/α-hetero) is 1. The van der Waals surface area contributed by atoms with E-state index in [1.54, 1.807) is 6.07 Å². The summed E-state index contributed by atoms with van der Waals surface area (Å²) in [6, 6.07) is 1.62. The van der Waals surface area contributed by atoms with E-state index in [9.17, 15) is 14.4 Å². The maximum absolute atomic E-state index is 11.3. The Morgan fingerprint density at radius 3 is 2.53 bits per heavy atom. The first-order valence-electron chi connectivity index (χ1n) is 4.16. The van der Waals surface area contributed by atoms with Gasteiger partial charge in [0.05, 0.1) is 5.56 Å². The Morgan fingerprint density at radius 1 is 1.53 bits per heavy atom. The molecule has 0 saturated carbocycles. The maximum Gasteiger partial charge on any atom is 0.266 e. The second-order valence-electron chi connectivity index (χ2n) is 3.03. The van der Waals surface area contributed by atoms with Crippen LogP contribution in [0.5, 0.6) is 0 Å². The number of hydrogen-bond donors (Lipinski definition) is 1. The molecule has 5 nitrogen and oxygen atoms in total. The van der Waals surface area contributed by atoms with Crippen molar-refractivity contribution in [2.75, 3.05) is 0 Å². The van der Waals surface area contributed by atoms with Crippen molar-refractivity contribution < 1.29 is 9.59 Å². The van der Waals surface area contributed by atoms with Gasteiger partial charge in [-0.2, -0.15) is 5.26 Å². The van der Waals surface area contributed by atoms with E-state index in [4.69, 9.17) is 5.26 Å². The lowest BCUT2D eigenvalue weighted by molar-refractivity contribution is 0.100. The van der Waals surface area contributed by atoms with Crippen molar-refractivity contribution in [2.24, 2.45) is 0 Å². The van der Waals surface area contributed by atoms with Gasteiger partial charge in [0.25, 0.3) is 5.56 Å². The Hall–Kier alpha value is -2.22. The second-order valence-corrected chi connectivity index (χ2v) is 3.03. The van der Waals surface area contributed by atoms with Gasteiger partial charge in [-0.15, -0.1) is 0 Å². The molecule has 0 amide bonds. The molecular weight excluding hydrogens is 196 g/mol. The lowest BCUT2D eigenvalue weighted by Crippen LogP contribution is -2.19. The van der Waals surface area contributed by atoms with E-state index in [0.717, 1.165) is 0 Å². The molecule has 0 aliphatic carbocycles. The number of aromatic nitrogens is 1. The standard InChI is InChI=1S/C10H8N2O3/c1-5-8(4-13)9(6(2)14)7(3-11)10(15)12-5/h4H,1-2H3,(H,12,15). The van der Waals surface area contributed by atoms with E-state index in [-0.39, 0.29) is 16.7 Å². The zero-order chi connectivity index (χ0) is 11.6. The fraction of sp³-hybridized carbons (Fsp3) is 0.200. The highest BCUT2D eigenvalue weighted by Crippen LogP contribution is 2.12. The molecule has 1 aromatic rings. The number of nitrogens with zero attached hydrogens (tertiary/aromatic N) is 1. The number of nitriles is 1. The fourth-order valence-corrected chi connectivity index (χ4v) is 1.36. The van der Waals surface area contributed by atoms with Crippen LogP contribution < -0.4 is 5.56 Å². The van der Waals surface area contributed by atoms with E-state index in [1.165, 1.54) is 13.8 Å². The van der Waals surface area contributed by atoms with Crippen LogP contribution in [0.25, 0.3) is 0 Å². The highest BCUT2D eigenvalue weighted by Gasteiger charge is 2.18. The number of hydrogen-bond acceptors (Lipinski definition) is 4. The minimum Gasteiger partial charge on any atom is -0.325 e. The highest BCUT2D eigenvalue weighted by molar-refractivity contribution is 6.03. The normalized spacial score (nSPS) is 9.40. The SMILES string of the molecule is CC(=O)c1c(C=O)c(C)[nH]c(=O)c1C#N. The number of ketones is 1. The van der Waals surface area contributed by atoms with E-state index in [2.05, 4.69) is 4.98 Å². The van der Waals surface area contributed by atoms with Gasteiger partial charge in [-0.05, 0) is 13.8 Å². The third kappa shape index (κ3) is 1.70. The Kier molecular flexibility index (Phi) is 2.81. The topological polar surface area (TPSA) is 90.8 Å². The molecule has 0 aliphatic rings. The second kappa shape index (κ2) is 3.88. The molecule has 0 fully saturated rings. The number of carbonyl (C=O) groups excluding carboxylic acids is 2. The molecule has 15 heavy (non-hydrogen) atoms. The summed E-state index contributed by atoms with van der Waals surface area (Å²) in [5.74, 6) is -0.470. The lowest BCUT2D eigenvalue weighted by atomic mass is 10.00. The smallest absolute Gasteiger partial charge is 0.266 e. The molecule has 0 bridgehead atoms. The average Bonchev–Trinajstić information content (AvgIpc) is 2.16. The molecule has 76 valence electrons. The molecule has 0 spiro atoms. The summed E-state index contributed by atoms with van der Waals surface area (Å²) < 4.78 is 0. The minimum atomic E-state index is -0.647. The summed E-state index contributed by atoms with van der Waals surface area (Å²) in [6.07, 6.45) is 0.461. The molecule has 1 aromatic heterocycles. The largest absolute Gasteiger partial charge is 0.325 e. The van der Waals surface area contributed by atoms with Crippen LogP contribution in [0.4, 0.5) is 0 Å². The number of H-pyrrole nitrogens is 1. The fourth-order valence-electron chi connectivity index (χ4n) is 1.36. The van der Waals surface area contributed by atoms with Gasteiger partial charge in [0.1, 0.15) is 11.6 Å². The molecule has 0 saturated heterocycles. The summed E-state index contributed by atoms with van der Waals surface area (Å²) in [6.45, 7) is 2.71. The predicted octanol–water partition coefficient (Wildman–Crippen LogP) is 0.570. The Bertz CT molecular complexity index is 535. The molecule has 0 radical (unpaired) electrons. The quantitative estimate of drug-likeness (QED) is 0.563. The first kappa shape index (κ1) is 10.9. The number of pyridine rings is 1. The average molecular weight is 204 g/mol. The number of carbonyl (C=O) groups is 2. The lowest BCUT2D eigenvalue weighted by Gasteiger charge is -2.05. The summed E-state index contributed by atoms with van der Waals surface area (Å²) in [4.78, 5) is 35.7. The molecule has 0 unspecified atom stereocenters. The first-order valence-corrected chi connectivity index (χ1v) is 4.16. The van der Waals surface area contributed by atoms with Gasteiger partial charge in [-0.25, -0.2) is 0 Å². The molecule has 1 heterocycles. The highest BCUT2D eigenvalue weighted by atomic mass is 16.1. The van der Waals surface area contributed by atoms with Gasteiger partial charge in [0.15, 0.2) is 12.1 Å². The Morgan fingerprint density at radius 2 is 2.13 bits per heavy atom. The summed E-state index contributed by atoms with van der Waals surface area (Å²) in [5, 5.41) is 8.72. The molecule has 0 atom stereocenters.